The number of amides is 3. The molecule has 2 aromatic rings. The molecule has 3 amide bonds. The maximum atomic E-state index is 13.3. The molecule has 2 aliphatic heterocycles. The Kier molecular flexibility index (Phi) is 6.98. The Morgan fingerprint density at radius 1 is 0.781 bits per heavy atom. The van der Waals surface area contributed by atoms with Gasteiger partial charge < -0.3 is 20.4 Å². The third-order valence-corrected chi connectivity index (χ3v) is 6.41. The van der Waals surface area contributed by atoms with Crippen molar-refractivity contribution in [1.82, 2.24) is 4.90 Å². The van der Waals surface area contributed by atoms with Gasteiger partial charge in [0.2, 0.25) is 0 Å². The monoisotopic (exact) mass is 434 g/mol. The van der Waals surface area contributed by atoms with E-state index in [-0.39, 0.29) is 11.9 Å². The van der Waals surface area contributed by atoms with Crippen molar-refractivity contribution in [3.05, 3.63) is 53.6 Å². The van der Waals surface area contributed by atoms with Gasteiger partial charge >= 0.3 is 6.03 Å². The Bertz CT molecular complexity index is 943. The van der Waals surface area contributed by atoms with Crippen molar-refractivity contribution in [2.24, 2.45) is 0 Å². The lowest BCUT2D eigenvalue weighted by Gasteiger charge is -2.31. The molecule has 2 heterocycles. The second-order valence-corrected chi connectivity index (χ2v) is 9.13. The Morgan fingerprint density at radius 2 is 1.38 bits per heavy atom. The minimum atomic E-state index is -0.312. The maximum absolute atomic E-state index is 13.3. The van der Waals surface area contributed by atoms with Gasteiger partial charge in [-0.05, 0) is 73.9 Å². The van der Waals surface area contributed by atoms with Crippen LogP contribution in [0.4, 0.5) is 21.9 Å². The van der Waals surface area contributed by atoms with Gasteiger partial charge in [-0.15, -0.1) is 0 Å². The molecule has 2 aliphatic rings. The zero-order valence-corrected chi connectivity index (χ0v) is 19.2. The lowest BCUT2D eigenvalue weighted by molar-refractivity contribution is 0.0793. The summed E-state index contributed by atoms with van der Waals surface area (Å²) in [6.07, 6.45) is 5.65. The molecule has 2 N–H and O–H groups in total. The number of likely N-dealkylation sites (tertiary alicyclic amines) is 1. The first-order valence-electron chi connectivity index (χ1n) is 11.9. The summed E-state index contributed by atoms with van der Waals surface area (Å²) in [5, 5.41) is 5.79. The molecule has 4 rings (SSSR count). The van der Waals surface area contributed by atoms with Crippen LogP contribution >= 0.6 is 0 Å². The number of piperidine rings is 1. The van der Waals surface area contributed by atoms with Gasteiger partial charge in [-0.3, -0.25) is 4.79 Å². The first-order chi connectivity index (χ1) is 15.5. The standard InChI is InChI=1S/C26H34N4O2/c1-19(2)20-8-10-21(11-9-20)27-26(32)28-22-12-13-24(29-14-4-3-5-15-29)23(18-22)25(31)30-16-6-7-17-30/h8-13,18-19H,3-7,14-17H2,1-2H3,(H2,27,28,32). The molecule has 6 heteroatoms. The van der Waals surface area contributed by atoms with Gasteiger partial charge in [0.1, 0.15) is 0 Å². The van der Waals surface area contributed by atoms with Gasteiger partial charge in [-0.1, -0.05) is 26.0 Å². The number of urea groups is 1. The number of nitrogens with zero attached hydrogens (tertiary/aromatic N) is 2. The van der Waals surface area contributed by atoms with E-state index in [4.69, 9.17) is 0 Å². The highest BCUT2D eigenvalue weighted by Crippen LogP contribution is 2.29. The Balaban J connectivity index is 1.51. The van der Waals surface area contributed by atoms with Crippen LogP contribution in [0.5, 0.6) is 0 Å². The van der Waals surface area contributed by atoms with Crippen LogP contribution in [0.2, 0.25) is 0 Å². The van der Waals surface area contributed by atoms with E-state index < -0.39 is 0 Å². The lowest BCUT2D eigenvalue weighted by atomic mass is 10.0. The number of hydrogen-bond donors (Lipinski definition) is 2. The molecule has 2 saturated heterocycles. The van der Waals surface area contributed by atoms with Crippen LogP contribution in [0.15, 0.2) is 42.5 Å². The number of hydrogen-bond acceptors (Lipinski definition) is 3. The molecule has 2 fully saturated rings. The molecule has 0 aromatic heterocycles. The first kappa shape index (κ1) is 22.2. The summed E-state index contributed by atoms with van der Waals surface area (Å²) in [5.41, 5.74) is 4.27. The van der Waals surface area contributed by atoms with Crippen molar-refractivity contribution in [3.8, 4) is 0 Å². The predicted octanol–water partition coefficient (Wildman–Crippen LogP) is 5.68. The molecule has 6 nitrogen and oxygen atoms in total. The molecule has 0 bridgehead atoms. The molecule has 0 aliphatic carbocycles. The van der Waals surface area contributed by atoms with Gasteiger partial charge in [-0.2, -0.15) is 0 Å². The maximum Gasteiger partial charge on any atom is 0.323 e. The minimum Gasteiger partial charge on any atom is -0.371 e. The van der Waals surface area contributed by atoms with Crippen LogP contribution in [-0.2, 0) is 0 Å². The Hall–Kier alpha value is -3.02. The summed E-state index contributed by atoms with van der Waals surface area (Å²) in [6.45, 7) is 7.85. The average Bonchev–Trinajstić information content (AvgIpc) is 3.34. The molecule has 0 spiro atoms. The normalized spacial score (nSPS) is 16.3. The topological polar surface area (TPSA) is 64.7 Å². The van der Waals surface area contributed by atoms with Crippen LogP contribution in [0.1, 0.15) is 67.8 Å². The van der Waals surface area contributed by atoms with E-state index in [9.17, 15) is 9.59 Å². The van der Waals surface area contributed by atoms with E-state index in [1.54, 1.807) is 0 Å². The molecule has 170 valence electrons. The second kappa shape index (κ2) is 10.1. The van der Waals surface area contributed by atoms with Crippen LogP contribution in [0.3, 0.4) is 0 Å². The number of benzene rings is 2. The first-order valence-corrected chi connectivity index (χ1v) is 11.9. The van der Waals surface area contributed by atoms with Crippen molar-refractivity contribution in [1.29, 1.82) is 0 Å². The lowest BCUT2D eigenvalue weighted by Crippen LogP contribution is -2.34. The number of rotatable bonds is 5. The smallest absolute Gasteiger partial charge is 0.323 e. The van der Waals surface area contributed by atoms with Crippen LogP contribution < -0.4 is 15.5 Å². The number of carbonyl (C=O) groups excluding carboxylic acids is 2. The zero-order chi connectivity index (χ0) is 22.5. The fraction of sp³-hybridized carbons (Fsp3) is 0.462. The van der Waals surface area contributed by atoms with E-state index in [0.29, 0.717) is 17.2 Å². The van der Waals surface area contributed by atoms with Crippen molar-refractivity contribution in [2.45, 2.75) is 51.9 Å². The van der Waals surface area contributed by atoms with Crippen molar-refractivity contribution >= 4 is 29.0 Å². The summed E-state index contributed by atoms with van der Waals surface area (Å²) in [4.78, 5) is 30.1. The Morgan fingerprint density at radius 3 is 2.03 bits per heavy atom. The van der Waals surface area contributed by atoms with Crippen molar-refractivity contribution in [2.75, 3.05) is 41.7 Å². The number of carbonyl (C=O) groups is 2. The van der Waals surface area contributed by atoms with Gasteiger partial charge in [0, 0.05) is 43.2 Å². The molecule has 2 aromatic carbocycles. The molecule has 0 atom stereocenters. The van der Waals surface area contributed by atoms with Gasteiger partial charge in [0.25, 0.3) is 5.91 Å². The fourth-order valence-electron chi connectivity index (χ4n) is 4.53. The molecule has 32 heavy (non-hydrogen) atoms. The minimum absolute atomic E-state index is 0.0661. The highest BCUT2D eigenvalue weighted by atomic mass is 16.2. The summed E-state index contributed by atoms with van der Waals surface area (Å²) < 4.78 is 0. The third-order valence-electron chi connectivity index (χ3n) is 6.41. The fourth-order valence-corrected chi connectivity index (χ4v) is 4.53. The number of nitrogens with one attached hydrogen (secondary N) is 2. The Labute approximate surface area is 191 Å². The largest absolute Gasteiger partial charge is 0.371 e. The molecular weight excluding hydrogens is 400 g/mol. The van der Waals surface area contributed by atoms with Crippen LogP contribution in [0.25, 0.3) is 0 Å². The van der Waals surface area contributed by atoms with Gasteiger partial charge in [0.15, 0.2) is 0 Å². The molecule has 0 saturated carbocycles. The van der Waals surface area contributed by atoms with Gasteiger partial charge in [-0.25, -0.2) is 4.79 Å². The molecule has 0 unspecified atom stereocenters. The average molecular weight is 435 g/mol. The summed E-state index contributed by atoms with van der Waals surface area (Å²) >= 11 is 0. The van der Waals surface area contributed by atoms with Gasteiger partial charge in [0.05, 0.1) is 5.56 Å². The zero-order valence-electron chi connectivity index (χ0n) is 19.2. The van der Waals surface area contributed by atoms with Crippen LogP contribution in [-0.4, -0.2) is 43.0 Å². The molecular formula is C26H34N4O2. The summed E-state index contributed by atoms with van der Waals surface area (Å²) in [7, 11) is 0. The second-order valence-electron chi connectivity index (χ2n) is 9.13. The van der Waals surface area contributed by atoms with Crippen molar-refractivity contribution < 1.29 is 9.59 Å². The van der Waals surface area contributed by atoms with E-state index in [1.165, 1.54) is 12.0 Å². The van der Waals surface area contributed by atoms with E-state index >= 15 is 0 Å². The number of anilines is 3. The predicted molar refractivity (Wildman–Crippen MR) is 131 cm³/mol. The quantitative estimate of drug-likeness (QED) is 0.636. The van der Waals surface area contributed by atoms with E-state index in [1.807, 2.05) is 47.4 Å². The van der Waals surface area contributed by atoms with E-state index in [2.05, 4.69) is 29.4 Å². The van der Waals surface area contributed by atoms with Crippen molar-refractivity contribution in [3.63, 3.8) is 0 Å². The highest BCUT2D eigenvalue weighted by Gasteiger charge is 2.25. The van der Waals surface area contributed by atoms with E-state index in [0.717, 1.165) is 63.2 Å². The highest BCUT2D eigenvalue weighted by molar-refractivity contribution is 6.04. The molecule has 0 radical (unpaired) electrons. The SMILES string of the molecule is CC(C)c1ccc(NC(=O)Nc2ccc(N3CCCCC3)c(C(=O)N3CCCC3)c2)cc1. The third kappa shape index (κ3) is 5.23. The van der Waals surface area contributed by atoms with Crippen LogP contribution in [0, 0.1) is 0 Å². The summed E-state index contributed by atoms with van der Waals surface area (Å²) in [6, 6.07) is 13.3. The summed E-state index contributed by atoms with van der Waals surface area (Å²) in [5.74, 6) is 0.513.